The van der Waals surface area contributed by atoms with E-state index in [1.54, 1.807) is 0 Å². The Morgan fingerprint density at radius 1 is 1.17 bits per heavy atom. The van der Waals surface area contributed by atoms with Gasteiger partial charge in [0.1, 0.15) is 0 Å². The number of nitrogens with zero attached hydrogens (tertiary/aromatic N) is 3. The first-order valence-corrected chi connectivity index (χ1v) is 8.77. The van der Waals surface area contributed by atoms with E-state index >= 15 is 0 Å². The highest BCUT2D eigenvalue weighted by molar-refractivity contribution is 14.0. The molecule has 1 atom stereocenters. The van der Waals surface area contributed by atoms with Crippen LogP contribution >= 0.6 is 24.0 Å². The van der Waals surface area contributed by atoms with Crippen LogP contribution in [0.25, 0.3) is 0 Å². The maximum Gasteiger partial charge on any atom is 0.191 e. The summed E-state index contributed by atoms with van der Waals surface area (Å²) in [7, 11) is 0. The predicted octanol–water partition coefficient (Wildman–Crippen LogP) is 1.22. The van der Waals surface area contributed by atoms with Gasteiger partial charge in [0.2, 0.25) is 0 Å². The van der Waals surface area contributed by atoms with Crippen molar-refractivity contribution in [2.45, 2.75) is 33.7 Å². The van der Waals surface area contributed by atoms with Crippen molar-refractivity contribution in [2.75, 3.05) is 65.6 Å². The Morgan fingerprint density at radius 3 is 2.39 bits per heavy atom. The molecule has 0 aliphatic carbocycles. The number of guanidine groups is 1. The van der Waals surface area contributed by atoms with Crippen LogP contribution in [0.5, 0.6) is 0 Å². The number of nitrogens with one attached hydrogen (secondary N) is 2. The highest BCUT2D eigenvalue weighted by atomic mass is 127. The Bertz CT molecular complexity index is 307. The smallest absolute Gasteiger partial charge is 0.191 e. The van der Waals surface area contributed by atoms with E-state index in [4.69, 9.17) is 9.73 Å². The second-order valence-corrected chi connectivity index (χ2v) is 5.67. The molecule has 0 saturated carbocycles. The first kappa shape index (κ1) is 22.9. The van der Waals surface area contributed by atoms with Crippen LogP contribution in [-0.4, -0.2) is 87.4 Å². The van der Waals surface area contributed by atoms with Crippen LogP contribution in [0.3, 0.4) is 0 Å². The fourth-order valence-electron chi connectivity index (χ4n) is 2.68. The molecule has 2 N–H and O–H groups in total. The van der Waals surface area contributed by atoms with Crippen molar-refractivity contribution in [1.82, 2.24) is 20.4 Å². The summed E-state index contributed by atoms with van der Waals surface area (Å²) in [6.07, 6.45) is 0. The fourth-order valence-corrected chi connectivity index (χ4v) is 2.68. The van der Waals surface area contributed by atoms with Gasteiger partial charge in [0.05, 0.1) is 19.8 Å². The number of morpholine rings is 1. The molecule has 6 nitrogen and oxygen atoms in total. The lowest BCUT2D eigenvalue weighted by molar-refractivity contribution is 0.0389. The Kier molecular flexibility index (Phi) is 14.2. The molecular formula is C16H36IN5O. The molecule has 1 saturated heterocycles. The average molecular weight is 441 g/mol. The quantitative estimate of drug-likeness (QED) is 0.320. The number of hydrogen-bond donors (Lipinski definition) is 2. The molecule has 1 unspecified atom stereocenters. The van der Waals surface area contributed by atoms with E-state index in [0.717, 1.165) is 71.5 Å². The minimum absolute atomic E-state index is 0. The highest BCUT2D eigenvalue weighted by Crippen LogP contribution is 1.98. The van der Waals surface area contributed by atoms with Gasteiger partial charge in [-0.15, -0.1) is 24.0 Å². The minimum Gasteiger partial charge on any atom is -0.379 e. The van der Waals surface area contributed by atoms with Gasteiger partial charge in [-0.1, -0.05) is 13.8 Å². The fraction of sp³-hybridized carbons (Fsp3) is 0.938. The monoisotopic (exact) mass is 441 g/mol. The van der Waals surface area contributed by atoms with Crippen LogP contribution in [0.1, 0.15) is 27.7 Å². The van der Waals surface area contributed by atoms with Crippen LogP contribution in [0.2, 0.25) is 0 Å². The van der Waals surface area contributed by atoms with Gasteiger partial charge < -0.3 is 15.4 Å². The molecule has 23 heavy (non-hydrogen) atoms. The first-order valence-electron chi connectivity index (χ1n) is 8.77. The summed E-state index contributed by atoms with van der Waals surface area (Å²) < 4.78 is 5.37. The van der Waals surface area contributed by atoms with Gasteiger partial charge >= 0.3 is 0 Å². The molecule has 0 aromatic rings. The van der Waals surface area contributed by atoms with E-state index in [2.05, 4.69) is 48.1 Å². The number of halogens is 1. The zero-order valence-corrected chi connectivity index (χ0v) is 17.6. The third kappa shape index (κ3) is 9.69. The molecule has 1 fully saturated rings. The van der Waals surface area contributed by atoms with Crippen LogP contribution in [0.4, 0.5) is 0 Å². The van der Waals surface area contributed by atoms with E-state index in [9.17, 15) is 0 Å². The van der Waals surface area contributed by atoms with Crippen molar-refractivity contribution in [2.24, 2.45) is 4.99 Å². The second-order valence-electron chi connectivity index (χ2n) is 5.67. The topological polar surface area (TPSA) is 52.1 Å². The molecule has 1 rings (SSSR count). The van der Waals surface area contributed by atoms with Gasteiger partial charge in [0.15, 0.2) is 5.96 Å². The third-order valence-corrected chi connectivity index (χ3v) is 4.12. The van der Waals surface area contributed by atoms with Crippen LogP contribution < -0.4 is 10.6 Å². The molecular weight excluding hydrogens is 405 g/mol. The average Bonchev–Trinajstić information content (AvgIpc) is 2.54. The molecule has 0 amide bonds. The number of rotatable bonds is 9. The van der Waals surface area contributed by atoms with Gasteiger partial charge in [0, 0.05) is 38.8 Å². The van der Waals surface area contributed by atoms with Gasteiger partial charge in [-0.3, -0.25) is 14.8 Å². The van der Waals surface area contributed by atoms with Crippen molar-refractivity contribution in [3.8, 4) is 0 Å². The molecule has 0 spiro atoms. The lowest BCUT2D eigenvalue weighted by Crippen LogP contribution is -2.45. The van der Waals surface area contributed by atoms with Gasteiger partial charge in [-0.2, -0.15) is 0 Å². The molecule has 0 aromatic carbocycles. The van der Waals surface area contributed by atoms with Gasteiger partial charge in [0.25, 0.3) is 0 Å². The first-order chi connectivity index (χ1) is 10.7. The zero-order chi connectivity index (χ0) is 16.2. The largest absolute Gasteiger partial charge is 0.379 e. The van der Waals surface area contributed by atoms with Crippen LogP contribution in [-0.2, 0) is 4.74 Å². The molecule has 1 aliphatic heterocycles. The second kappa shape index (κ2) is 14.2. The maximum atomic E-state index is 5.37. The summed E-state index contributed by atoms with van der Waals surface area (Å²) in [6.45, 7) is 18.4. The lowest BCUT2D eigenvalue weighted by Gasteiger charge is -2.27. The Hall–Kier alpha value is -0.120. The third-order valence-electron chi connectivity index (χ3n) is 4.12. The van der Waals surface area contributed by atoms with Gasteiger partial charge in [-0.25, -0.2) is 0 Å². The van der Waals surface area contributed by atoms with E-state index < -0.39 is 0 Å². The predicted molar refractivity (Wildman–Crippen MR) is 109 cm³/mol. The summed E-state index contributed by atoms with van der Waals surface area (Å²) >= 11 is 0. The van der Waals surface area contributed by atoms with Crippen LogP contribution in [0.15, 0.2) is 4.99 Å². The molecule has 0 radical (unpaired) electrons. The highest BCUT2D eigenvalue weighted by Gasteiger charge is 2.11. The van der Waals surface area contributed by atoms with Crippen molar-refractivity contribution in [3.05, 3.63) is 0 Å². The summed E-state index contributed by atoms with van der Waals surface area (Å²) in [6, 6.07) is 0.477. The Balaban J connectivity index is 0.00000484. The van der Waals surface area contributed by atoms with Crippen molar-refractivity contribution in [1.29, 1.82) is 0 Å². The molecule has 0 aromatic heterocycles. The summed E-state index contributed by atoms with van der Waals surface area (Å²) in [5, 5.41) is 6.76. The normalized spacial score (nSPS) is 17.7. The molecule has 1 heterocycles. The Morgan fingerprint density at radius 2 is 1.83 bits per heavy atom. The standard InChI is InChI=1S/C16H35N5O.HI/c1-5-17-16(19-14-15(4)21(6-2)7-3)18-8-9-20-10-12-22-13-11-20;/h15H,5-14H2,1-4H3,(H2,17,18,19);1H. The summed E-state index contributed by atoms with van der Waals surface area (Å²) in [4.78, 5) is 9.58. The molecule has 7 heteroatoms. The SMILES string of the molecule is CCNC(=NCC(C)N(CC)CC)NCCN1CCOCC1.I. The van der Waals surface area contributed by atoms with E-state index in [0.29, 0.717) is 6.04 Å². The summed E-state index contributed by atoms with van der Waals surface area (Å²) in [5.74, 6) is 0.926. The van der Waals surface area contributed by atoms with Crippen molar-refractivity contribution >= 4 is 29.9 Å². The zero-order valence-electron chi connectivity index (χ0n) is 15.3. The molecule has 0 bridgehead atoms. The maximum absolute atomic E-state index is 5.37. The van der Waals surface area contributed by atoms with E-state index in [1.165, 1.54) is 0 Å². The number of likely N-dealkylation sites (N-methyl/N-ethyl adjacent to an activating group) is 1. The molecule has 1 aliphatic rings. The van der Waals surface area contributed by atoms with E-state index in [-0.39, 0.29) is 24.0 Å². The Labute approximate surface area is 159 Å². The van der Waals surface area contributed by atoms with Crippen LogP contribution in [0, 0.1) is 0 Å². The van der Waals surface area contributed by atoms with Crippen molar-refractivity contribution < 1.29 is 4.74 Å². The number of hydrogen-bond acceptors (Lipinski definition) is 4. The number of aliphatic imine (C=N–C) groups is 1. The summed E-state index contributed by atoms with van der Waals surface area (Å²) in [5.41, 5.74) is 0. The lowest BCUT2D eigenvalue weighted by atomic mass is 10.3. The minimum atomic E-state index is 0. The number of ether oxygens (including phenoxy) is 1. The van der Waals surface area contributed by atoms with Gasteiger partial charge in [-0.05, 0) is 26.9 Å². The van der Waals surface area contributed by atoms with Crippen molar-refractivity contribution in [3.63, 3.8) is 0 Å². The molecule has 138 valence electrons. The van der Waals surface area contributed by atoms with E-state index in [1.807, 2.05) is 0 Å².